The molecule has 4 nitrogen and oxygen atoms in total. The van der Waals surface area contributed by atoms with Crippen LogP contribution in [0.3, 0.4) is 0 Å². The van der Waals surface area contributed by atoms with E-state index in [0.717, 1.165) is 6.42 Å². The molecule has 0 N–H and O–H groups in total. The van der Waals surface area contributed by atoms with Gasteiger partial charge < -0.3 is 9.15 Å². The second kappa shape index (κ2) is 5.30. The van der Waals surface area contributed by atoms with Gasteiger partial charge in [-0.3, -0.25) is 4.79 Å². The maximum Gasteiger partial charge on any atom is 0.339 e. The van der Waals surface area contributed by atoms with E-state index in [1.807, 2.05) is 6.92 Å². The van der Waals surface area contributed by atoms with Gasteiger partial charge >= 0.3 is 5.97 Å². The monoisotopic (exact) mass is 222 g/mol. The highest BCUT2D eigenvalue weighted by atomic mass is 16.5. The first-order chi connectivity index (χ1) is 7.56. The molecule has 86 valence electrons. The van der Waals surface area contributed by atoms with Gasteiger partial charge in [0.25, 0.3) is 0 Å². The van der Waals surface area contributed by atoms with Gasteiger partial charge in [0.15, 0.2) is 0 Å². The number of rotatable bonds is 3. The van der Waals surface area contributed by atoms with Crippen molar-refractivity contribution in [3.05, 3.63) is 40.0 Å². The number of hydrogen-bond acceptors (Lipinski definition) is 4. The lowest BCUT2D eigenvalue weighted by atomic mass is 10.2. The van der Waals surface area contributed by atoms with Gasteiger partial charge in [0, 0.05) is 11.6 Å². The summed E-state index contributed by atoms with van der Waals surface area (Å²) in [5.74, 6) is -0.273. The lowest BCUT2D eigenvalue weighted by Gasteiger charge is -2.04. The number of aryl methyl sites for hydroxylation is 1. The smallest absolute Gasteiger partial charge is 0.339 e. The minimum atomic E-state index is -0.525. The quantitative estimate of drug-likeness (QED) is 0.581. The maximum atomic E-state index is 11.5. The summed E-state index contributed by atoms with van der Waals surface area (Å²) in [6.45, 7) is 5.13. The first kappa shape index (κ1) is 12.2. The first-order valence-corrected chi connectivity index (χ1v) is 5.03. The summed E-state index contributed by atoms with van der Waals surface area (Å²) in [6, 6.07) is 1.22. The molecule has 0 amide bonds. The molecule has 0 aliphatic heterocycles. The standard InChI is InChI=1S/C12H14O4/c1-4-5-8(2)12(14)16-11-9(3)15-7-6-10(11)13/h5-7H,4H2,1-3H3. The lowest BCUT2D eigenvalue weighted by molar-refractivity contribution is -0.130. The Hall–Kier alpha value is -1.84. The molecule has 1 heterocycles. The number of ether oxygens (including phenoxy) is 1. The van der Waals surface area contributed by atoms with Gasteiger partial charge in [-0.05, 0) is 20.3 Å². The topological polar surface area (TPSA) is 56.5 Å². The molecular formula is C12H14O4. The van der Waals surface area contributed by atoms with Crippen LogP contribution in [0.2, 0.25) is 0 Å². The third-order valence-corrected chi connectivity index (χ3v) is 2.03. The highest BCUT2D eigenvalue weighted by molar-refractivity contribution is 5.89. The Bertz CT molecular complexity index is 468. The van der Waals surface area contributed by atoms with Crippen LogP contribution in [0.25, 0.3) is 0 Å². The van der Waals surface area contributed by atoms with Crippen LogP contribution in [0.15, 0.2) is 33.2 Å². The zero-order valence-corrected chi connectivity index (χ0v) is 9.57. The van der Waals surface area contributed by atoms with Gasteiger partial charge in [0.05, 0.1) is 6.26 Å². The van der Waals surface area contributed by atoms with Crippen molar-refractivity contribution in [2.75, 3.05) is 0 Å². The average molecular weight is 222 g/mol. The second-order valence-corrected chi connectivity index (χ2v) is 3.36. The molecule has 0 saturated heterocycles. The number of carbonyl (C=O) groups is 1. The van der Waals surface area contributed by atoms with Crippen LogP contribution in [0.5, 0.6) is 5.75 Å². The fourth-order valence-electron chi connectivity index (χ4n) is 1.19. The van der Waals surface area contributed by atoms with Crippen molar-refractivity contribution in [2.24, 2.45) is 0 Å². The van der Waals surface area contributed by atoms with E-state index in [1.165, 1.54) is 12.3 Å². The minimum Gasteiger partial charge on any atom is -0.465 e. The molecule has 1 aromatic rings. The van der Waals surface area contributed by atoms with E-state index in [4.69, 9.17) is 9.15 Å². The predicted molar refractivity (Wildman–Crippen MR) is 59.4 cm³/mol. The van der Waals surface area contributed by atoms with E-state index in [-0.39, 0.29) is 11.2 Å². The number of carbonyl (C=O) groups excluding carboxylic acids is 1. The molecule has 0 unspecified atom stereocenters. The molecule has 4 heteroatoms. The third kappa shape index (κ3) is 2.82. The predicted octanol–water partition coefficient (Wildman–Crippen LogP) is 2.21. The zero-order chi connectivity index (χ0) is 12.1. The first-order valence-electron chi connectivity index (χ1n) is 5.03. The van der Waals surface area contributed by atoms with Crippen LogP contribution in [0.1, 0.15) is 26.0 Å². The fraction of sp³-hybridized carbons (Fsp3) is 0.333. The van der Waals surface area contributed by atoms with E-state index in [1.54, 1.807) is 19.9 Å². The molecule has 0 aromatic carbocycles. The van der Waals surface area contributed by atoms with Crippen LogP contribution in [-0.4, -0.2) is 5.97 Å². The molecule has 0 spiro atoms. The summed E-state index contributed by atoms with van der Waals surface area (Å²) < 4.78 is 9.96. The van der Waals surface area contributed by atoms with Crippen molar-refractivity contribution in [2.45, 2.75) is 27.2 Å². The SMILES string of the molecule is CCC=C(C)C(=O)Oc1c(C)occc1=O. The summed E-state index contributed by atoms with van der Waals surface area (Å²) in [5, 5.41) is 0. The summed E-state index contributed by atoms with van der Waals surface area (Å²) >= 11 is 0. The van der Waals surface area contributed by atoms with Crippen molar-refractivity contribution in [3.8, 4) is 5.75 Å². The van der Waals surface area contributed by atoms with Gasteiger partial charge in [-0.15, -0.1) is 0 Å². The normalized spacial score (nSPS) is 11.3. The number of allylic oxidation sites excluding steroid dienone is 1. The van der Waals surface area contributed by atoms with E-state index in [0.29, 0.717) is 11.3 Å². The molecular weight excluding hydrogens is 208 g/mol. The largest absolute Gasteiger partial charge is 0.465 e. The van der Waals surface area contributed by atoms with E-state index in [9.17, 15) is 9.59 Å². The molecule has 0 bridgehead atoms. The van der Waals surface area contributed by atoms with Gasteiger partial charge in [-0.25, -0.2) is 4.79 Å². The minimum absolute atomic E-state index is 0.0450. The summed E-state index contributed by atoms with van der Waals surface area (Å²) in [7, 11) is 0. The van der Waals surface area contributed by atoms with Gasteiger partial charge in [-0.1, -0.05) is 13.0 Å². The lowest BCUT2D eigenvalue weighted by Crippen LogP contribution is -2.15. The highest BCUT2D eigenvalue weighted by Crippen LogP contribution is 2.12. The van der Waals surface area contributed by atoms with Gasteiger partial charge in [0.2, 0.25) is 11.2 Å². The molecule has 0 radical (unpaired) electrons. The van der Waals surface area contributed by atoms with Crippen molar-refractivity contribution in [1.29, 1.82) is 0 Å². The molecule has 0 saturated carbocycles. The van der Waals surface area contributed by atoms with Gasteiger partial charge in [0.1, 0.15) is 5.76 Å². The van der Waals surface area contributed by atoms with Crippen LogP contribution in [0.4, 0.5) is 0 Å². The Labute approximate surface area is 93.5 Å². The third-order valence-electron chi connectivity index (χ3n) is 2.03. The fourth-order valence-corrected chi connectivity index (χ4v) is 1.19. The van der Waals surface area contributed by atoms with Crippen molar-refractivity contribution in [1.82, 2.24) is 0 Å². The Morgan fingerprint density at radius 3 is 2.81 bits per heavy atom. The highest BCUT2D eigenvalue weighted by Gasteiger charge is 2.13. The number of hydrogen-bond donors (Lipinski definition) is 0. The van der Waals surface area contributed by atoms with Crippen molar-refractivity contribution in [3.63, 3.8) is 0 Å². The second-order valence-electron chi connectivity index (χ2n) is 3.36. The van der Waals surface area contributed by atoms with E-state index >= 15 is 0 Å². The van der Waals surface area contributed by atoms with E-state index in [2.05, 4.69) is 0 Å². The van der Waals surface area contributed by atoms with Crippen LogP contribution in [-0.2, 0) is 4.79 Å². The average Bonchev–Trinajstić information content (AvgIpc) is 2.23. The molecule has 0 aliphatic rings. The van der Waals surface area contributed by atoms with Crippen molar-refractivity contribution >= 4 is 5.97 Å². The Morgan fingerprint density at radius 1 is 1.56 bits per heavy atom. The zero-order valence-electron chi connectivity index (χ0n) is 9.57. The summed E-state index contributed by atoms with van der Waals surface area (Å²) in [4.78, 5) is 22.9. The van der Waals surface area contributed by atoms with Gasteiger partial charge in [-0.2, -0.15) is 0 Å². The Morgan fingerprint density at radius 2 is 2.25 bits per heavy atom. The molecule has 0 fully saturated rings. The van der Waals surface area contributed by atoms with Crippen LogP contribution in [0, 0.1) is 6.92 Å². The van der Waals surface area contributed by atoms with E-state index < -0.39 is 5.97 Å². The molecule has 0 aliphatic carbocycles. The molecule has 1 aromatic heterocycles. The summed E-state index contributed by atoms with van der Waals surface area (Å²) in [5.41, 5.74) is 0.117. The van der Waals surface area contributed by atoms with Crippen molar-refractivity contribution < 1.29 is 13.9 Å². The summed E-state index contributed by atoms with van der Waals surface area (Å²) in [6.07, 6.45) is 3.75. The Balaban J connectivity index is 2.94. The molecule has 0 atom stereocenters. The Kier molecular flexibility index (Phi) is 4.05. The molecule has 16 heavy (non-hydrogen) atoms. The van der Waals surface area contributed by atoms with Crippen LogP contribution < -0.4 is 10.2 Å². The molecule has 1 rings (SSSR count). The van der Waals surface area contributed by atoms with Crippen LogP contribution >= 0.6 is 0 Å². The maximum absolute atomic E-state index is 11.5. The number of esters is 1.